The Balaban J connectivity index is 2.08. The minimum absolute atomic E-state index is 0.000356. The largest absolute Gasteiger partial charge is 0.497 e. The molecule has 0 amide bonds. The van der Waals surface area contributed by atoms with Crippen molar-refractivity contribution in [2.75, 3.05) is 18.5 Å². The van der Waals surface area contributed by atoms with E-state index in [2.05, 4.69) is 0 Å². The van der Waals surface area contributed by atoms with Crippen molar-refractivity contribution in [3.05, 3.63) is 84.2 Å². The first kappa shape index (κ1) is 19.7. The van der Waals surface area contributed by atoms with Gasteiger partial charge in [-0.1, -0.05) is 18.2 Å². The van der Waals surface area contributed by atoms with Crippen LogP contribution < -0.4 is 13.8 Å². The summed E-state index contributed by atoms with van der Waals surface area (Å²) in [6.45, 7) is 0.0516. The van der Waals surface area contributed by atoms with Crippen LogP contribution in [-0.2, 0) is 16.6 Å². The summed E-state index contributed by atoms with van der Waals surface area (Å²) < 4.78 is 51.7. The number of anilines is 1. The number of benzene rings is 3. The molecule has 0 aliphatic heterocycles. The van der Waals surface area contributed by atoms with Gasteiger partial charge in [0.25, 0.3) is 10.0 Å². The van der Waals surface area contributed by atoms with Crippen LogP contribution in [0.2, 0.25) is 0 Å². The SMILES string of the molecule is COc1ccc(N(Cc2ccccc2OC)S(=O)(=O)c2ccc(F)cc2)cc1. The van der Waals surface area contributed by atoms with Crippen LogP contribution in [0, 0.1) is 5.82 Å². The summed E-state index contributed by atoms with van der Waals surface area (Å²) in [5.41, 5.74) is 1.16. The lowest BCUT2D eigenvalue weighted by atomic mass is 10.2. The van der Waals surface area contributed by atoms with Gasteiger partial charge in [0.05, 0.1) is 31.3 Å². The standard InChI is InChI=1S/C21H20FNO4S/c1-26-19-11-9-18(10-12-19)23(15-16-5-3-4-6-21(16)27-2)28(24,25)20-13-7-17(22)8-14-20/h3-14H,15H2,1-2H3. The average molecular weight is 401 g/mol. The van der Waals surface area contributed by atoms with Crippen LogP contribution in [0.25, 0.3) is 0 Å². The molecule has 0 aromatic heterocycles. The van der Waals surface area contributed by atoms with E-state index >= 15 is 0 Å². The van der Waals surface area contributed by atoms with Gasteiger partial charge in [-0.05, 0) is 54.6 Å². The molecule has 0 heterocycles. The van der Waals surface area contributed by atoms with Crippen molar-refractivity contribution in [2.45, 2.75) is 11.4 Å². The van der Waals surface area contributed by atoms with Gasteiger partial charge in [0.15, 0.2) is 0 Å². The zero-order valence-corrected chi connectivity index (χ0v) is 16.3. The van der Waals surface area contributed by atoms with E-state index in [1.54, 1.807) is 36.4 Å². The van der Waals surface area contributed by atoms with E-state index in [9.17, 15) is 12.8 Å². The summed E-state index contributed by atoms with van der Waals surface area (Å²) in [5.74, 6) is 0.690. The molecule has 5 nitrogen and oxygen atoms in total. The zero-order chi connectivity index (χ0) is 20.1. The molecule has 0 N–H and O–H groups in total. The third-order valence-electron chi connectivity index (χ3n) is 4.27. The number of rotatable bonds is 7. The molecule has 0 unspecified atom stereocenters. The Kier molecular flexibility index (Phi) is 5.84. The maximum absolute atomic E-state index is 13.3. The molecule has 0 atom stereocenters. The molecule has 0 aliphatic carbocycles. The number of sulfonamides is 1. The van der Waals surface area contributed by atoms with Crippen molar-refractivity contribution in [1.29, 1.82) is 0 Å². The van der Waals surface area contributed by atoms with Crippen molar-refractivity contribution >= 4 is 15.7 Å². The van der Waals surface area contributed by atoms with Crippen molar-refractivity contribution < 1.29 is 22.3 Å². The van der Waals surface area contributed by atoms with E-state index in [0.717, 1.165) is 12.1 Å². The van der Waals surface area contributed by atoms with Crippen molar-refractivity contribution in [3.8, 4) is 11.5 Å². The summed E-state index contributed by atoms with van der Waals surface area (Å²) in [6.07, 6.45) is 0. The maximum Gasteiger partial charge on any atom is 0.264 e. The molecular weight excluding hydrogens is 381 g/mol. The second-order valence-electron chi connectivity index (χ2n) is 5.98. The van der Waals surface area contributed by atoms with Crippen molar-refractivity contribution in [2.24, 2.45) is 0 Å². The van der Waals surface area contributed by atoms with Crippen LogP contribution in [0.15, 0.2) is 77.7 Å². The minimum Gasteiger partial charge on any atom is -0.497 e. The monoisotopic (exact) mass is 401 g/mol. The van der Waals surface area contributed by atoms with Crippen LogP contribution in [0.4, 0.5) is 10.1 Å². The number of para-hydroxylation sites is 1. The highest BCUT2D eigenvalue weighted by Gasteiger charge is 2.26. The number of halogens is 1. The molecule has 7 heteroatoms. The third kappa shape index (κ3) is 4.09. The maximum atomic E-state index is 13.3. The van der Waals surface area contributed by atoms with Crippen molar-refractivity contribution in [3.63, 3.8) is 0 Å². The summed E-state index contributed by atoms with van der Waals surface area (Å²) in [5, 5.41) is 0. The fourth-order valence-electron chi connectivity index (χ4n) is 2.79. The highest BCUT2D eigenvalue weighted by Crippen LogP contribution is 2.30. The van der Waals surface area contributed by atoms with E-state index in [1.165, 1.54) is 30.7 Å². The number of hydrogen-bond acceptors (Lipinski definition) is 4. The molecular formula is C21H20FNO4S. The second-order valence-corrected chi connectivity index (χ2v) is 7.84. The lowest BCUT2D eigenvalue weighted by Gasteiger charge is -2.25. The van der Waals surface area contributed by atoms with Gasteiger partial charge in [-0.15, -0.1) is 0 Å². The Bertz CT molecular complexity index is 1030. The summed E-state index contributed by atoms with van der Waals surface area (Å²) in [4.78, 5) is -0.000356. The van der Waals surface area contributed by atoms with E-state index in [1.807, 2.05) is 12.1 Å². The van der Waals surface area contributed by atoms with Gasteiger partial charge in [-0.2, -0.15) is 0 Å². The van der Waals surface area contributed by atoms with E-state index in [-0.39, 0.29) is 11.4 Å². The summed E-state index contributed by atoms with van der Waals surface area (Å²) in [7, 11) is -0.872. The number of ether oxygens (including phenoxy) is 2. The quantitative estimate of drug-likeness (QED) is 0.594. The van der Waals surface area contributed by atoms with Gasteiger partial charge >= 0.3 is 0 Å². The lowest BCUT2D eigenvalue weighted by Crippen LogP contribution is -2.30. The average Bonchev–Trinajstić information content (AvgIpc) is 2.72. The second kappa shape index (κ2) is 8.31. The normalized spacial score (nSPS) is 11.1. The molecule has 0 aliphatic rings. The van der Waals surface area contributed by atoms with Gasteiger partial charge < -0.3 is 9.47 Å². The van der Waals surface area contributed by atoms with Crippen molar-refractivity contribution in [1.82, 2.24) is 0 Å². The van der Waals surface area contributed by atoms with Crippen LogP contribution in [0.1, 0.15) is 5.56 Å². The topological polar surface area (TPSA) is 55.8 Å². The Morgan fingerprint density at radius 1 is 0.857 bits per heavy atom. The molecule has 0 saturated heterocycles. The molecule has 0 fully saturated rings. The van der Waals surface area contributed by atoms with Gasteiger partial charge in [0, 0.05) is 5.56 Å². The van der Waals surface area contributed by atoms with Crippen LogP contribution in [-0.4, -0.2) is 22.6 Å². The van der Waals surface area contributed by atoms with Crippen LogP contribution in [0.3, 0.4) is 0 Å². The Morgan fingerprint density at radius 2 is 1.50 bits per heavy atom. The van der Waals surface area contributed by atoms with Gasteiger partial charge in [0.1, 0.15) is 17.3 Å². The fraction of sp³-hybridized carbons (Fsp3) is 0.143. The van der Waals surface area contributed by atoms with E-state index in [4.69, 9.17) is 9.47 Å². The molecule has 0 radical (unpaired) electrons. The fourth-order valence-corrected chi connectivity index (χ4v) is 4.23. The van der Waals surface area contributed by atoms with Gasteiger partial charge in [-0.3, -0.25) is 4.31 Å². The number of nitrogens with zero attached hydrogens (tertiary/aromatic N) is 1. The minimum atomic E-state index is -3.94. The molecule has 0 bridgehead atoms. The van der Waals surface area contributed by atoms with Crippen LogP contribution >= 0.6 is 0 Å². The number of hydrogen-bond donors (Lipinski definition) is 0. The van der Waals surface area contributed by atoms with Gasteiger partial charge in [-0.25, -0.2) is 12.8 Å². The zero-order valence-electron chi connectivity index (χ0n) is 15.5. The molecule has 3 aromatic carbocycles. The molecule has 146 valence electrons. The predicted molar refractivity (Wildman–Crippen MR) is 106 cm³/mol. The smallest absolute Gasteiger partial charge is 0.264 e. The Hall–Kier alpha value is -3.06. The van der Waals surface area contributed by atoms with E-state index in [0.29, 0.717) is 22.7 Å². The first-order valence-corrected chi connectivity index (χ1v) is 9.94. The summed E-state index contributed by atoms with van der Waals surface area (Å²) in [6, 6.07) is 18.7. The molecule has 3 rings (SSSR count). The molecule has 0 saturated carbocycles. The van der Waals surface area contributed by atoms with Crippen LogP contribution in [0.5, 0.6) is 11.5 Å². The predicted octanol–water partition coefficient (Wildman–Crippen LogP) is 4.24. The molecule has 0 spiro atoms. The summed E-state index contributed by atoms with van der Waals surface area (Å²) >= 11 is 0. The molecule has 28 heavy (non-hydrogen) atoms. The number of methoxy groups -OCH3 is 2. The Morgan fingerprint density at radius 3 is 2.11 bits per heavy atom. The first-order chi connectivity index (χ1) is 13.5. The first-order valence-electron chi connectivity index (χ1n) is 8.50. The lowest BCUT2D eigenvalue weighted by molar-refractivity contribution is 0.410. The third-order valence-corrected chi connectivity index (χ3v) is 6.06. The molecule has 3 aromatic rings. The Labute approximate surface area is 164 Å². The van der Waals surface area contributed by atoms with E-state index < -0.39 is 15.8 Å². The highest BCUT2D eigenvalue weighted by molar-refractivity contribution is 7.92. The highest BCUT2D eigenvalue weighted by atomic mass is 32.2. The van der Waals surface area contributed by atoms with Gasteiger partial charge in [0.2, 0.25) is 0 Å².